The van der Waals surface area contributed by atoms with E-state index in [-0.39, 0.29) is 9.92 Å². The number of aromatic nitrogens is 2. The largest absolute Gasteiger partial charge is 0.495 e. The Morgan fingerprint density at radius 1 is 0.963 bits per heavy atom. The molecule has 0 amide bonds. The van der Waals surface area contributed by atoms with Gasteiger partial charge >= 0.3 is 0 Å². The van der Waals surface area contributed by atoms with Gasteiger partial charge in [-0.2, -0.15) is 5.10 Å². The molecule has 0 atom stereocenters. The van der Waals surface area contributed by atoms with Gasteiger partial charge in [0.25, 0.3) is 10.0 Å². The van der Waals surface area contributed by atoms with Crippen molar-refractivity contribution in [2.45, 2.75) is 11.8 Å². The standard InChI is InChI=1S/C18H17ClN4O3S/c1-12-3-10-18(22-21-12)20-13-4-6-14(7-5-13)23-27(24,25)15-8-9-17(26-2)16(19)11-15/h3-11,23H,1-2H3,(H,20,22). The summed E-state index contributed by atoms with van der Waals surface area (Å²) in [6.45, 7) is 1.85. The lowest BCUT2D eigenvalue weighted by molar-refractivity contribution is 0.414. The molecule has 0 bridgehead atoms. The number of anilines is 3. The number of methoxy groups -OCH3 is 1. The van der Waals surface area contributed by atoms with Crippen LogP contribution in [0, 0.1) is 6.92 Å². The number of nitrogens with zero attached hydrogens (tertiary/aromatic N) is 2. The number of aryl methyl sites for hydroxylation is 1. The Morgan fingerprint density at radius 2 is 1.67 bits per heavy atom. The molecule has 2 N–H and O–H groups in total. The van der Waals surface area contributed by atoms with Crippen LogP contribution in [0.3, 0.4) is 0 Å². The van der Waals surface area contributed by atoms with E-state index in [0.717, 1.165) is 11.4 Å². The third kappa shape index (κ3) is 4.66. The molecule has 27 heavy (non-hydrogen) atoms. The van der Waals surface area contributed by atoms with Gasteiger partial charge in [-0.25, -0.2) is 8.42 Å². The SMILES string of the molecule is COc1ccc(S(=O)(=O)Nc2ccc(Nc3ccc(C)nn3)cc2)cc1Cl. The van der Waals surface area contributed by atoms with Gasteiger partial charge in [0.2, 0.25) is 0 Å². The van der Waals surface area contributed by atoms with E-state index in [2.05, 4.69) is 20.2 Å². The third-order valence-electron chi connectivity index (χ3n) is 3.64. The maximum absolute atomic E-state index is 12.5. The molecule has 7 nitrogen and oxygen atoms in total. The summed E-state index contributed by atoms with van der Waals surface area (Å²) < 4.78 is 32.6. The highest BCUT2D eigenvalue weighted by Gasteiger charge is 2.16. The first-order valence-corrected chi connectivity index (χ1v) is 9.77. The molecule has 3 rings (SSSR count). The quantitative estimate of drug-likeness (QED) is 0.645. The maximum Gasteiger partial charge on any atom is 0.261 e. The number of sulfonamides is 1. The van der Waals surface area contributed by atoms with Gasteiger partial charge in [0.1, 0.15) is 5.75 Å². The van der Waals surface area contributed by atoms with Gasteiger partial charge in [0.05, 0.1) is 22.7 Å². The van der Waals surface area contributed by atoms with Crippen molar-refractivity contribution in [2.24, 2.45) is 0 Å². The number of nitrogens with one attached hydrogen (secondary N) is 2. The number of hydrogen-bond donors (Lipinski definition) is 2. The van der Waals surface area contributed by atoms with Crippen LogP contribution < -0.4 is 14.8 Å². The molecule has 3 aromatic rings. The van der Waals surface area contributed by atoms with E-state index >= 15 is 0 Å². The van der Waals surface area contributed by atoms with Crippen molar-refractivity contribution in [2.75, 3.05) is 17.1 Å². The van der Waals surface area contributed by atoms with E-state index in [1.54, 1.807) is 24.3 Å². The van der Waals surface area contributed by atoms with Crippen LogP contribution in [0.5, 0.6) is 5.75 Å². The third-order valence-corrected chi connectivity index (χ3v) is 5.32. The monoisotopic (exact) mass is 404 g/mol. The number of hydrogen-bond acceptors (Lipinski definition) is 6. The molecule has 0 spiro atoms. The maximum atomic E-state index is 12.5. The molecular formula is C18H17ClN4O3S. The zero-order valence-electron chi connectivity index (χ0n) is 14.6. The topological polar surface area (TPSA) is 93.2 Å². The molecule has 0 unspecified atom stereocenters. The normalized spacial score (nSPS) is 11.1. The van der Waals surface area contributed by atoms with Crippen LogP contribution in [0.2, 0.25) is 5.02 Å². The fourth-order valence-electron chi connectivity index (χ4n) is 2.26. The molecular weight excluding hydrogens is 388 g/mol. The van der Waals surface area contributed by atoms with Crippen LogP contribution in [0.15, 0.2) is 59.5 Å². The van der Waals surface area contributed by atoms with Crippen LogP contribution in [-0.4, -0.2) is 25.7 Å². The van der Waals surface area contributed by atoms with Crippen LogP contribution in [0.4, 0.5) is 17.2 Å². The molecule has 9 heteroatoms. The van der Waals surface area contributed by atoms with Crippen molar-refractivity contribution in [1.29, 1.82) is 0 Å². The van der Waals surface area contributed by atoms with Gasteiger partial charge in [0.15, 0.2) is 5.82 Å². The predicted molar refractivity (Wildman–Crippen MR) is 105 cm³/mol. The van der Waals surface area contributed by atoms with Gasteiger partial charge < -0.3 is 10.1 Å². The van der Waals surface area contributed by atoms with Gasteiger partial charge in [-0.15, -0.1) is 5.10 Å². The molecule has 0 aliphatic carbocycles. The van der Waals surface area contributed by atoms with Crippen LogP contribution in [0.1, 0.15) is 5.69 Å². The van der Waals surface area contributed by atoms with Gasteiger partial charge in [-0.3, -0.25) is 4.72 Å². The molecule has 0 radical (unpaired) electrons. The highest BCUT2D eigenvalue weighted by molar-refractivity contribution is 7.92. The first kappa shape index (κ1) is 18.9. The molecule has 0 fully saturated rings. The van der Waals surface area contributed by atoms with Gasteiger partial charge in [-0.05, 0) is 61.5 Å². The summed E-state index contributed by atoms with van der Waals surface area (Å²) in [7, 11) is -2.31. The Hall–Kier alpha value is -2.84. The van der Waals surface area contributed by atoms with E-state index in [0.29, 0.717) is 17.3 Å². The van der Waals surface area contributed by atoms with Crippen LogP contribution >= 0.6 is 11.6 Å². The first-order chi connectivity index (χ1) is 12.9. The van der Waals surface area contributed by atoms with Crippen LogP contribution in [-0.2, 0) is 10.0 Å². The second-order valence-corrected chi connectivity index (χ2v) is 7.75. The zero-order valence-corrected chi connectivity index (χ0v) is 16.2. The molecule has 1 aromatic heterocycles. The number of benzene rings is 2. The predicted octanol–water partition coefficient (Wildman–Crippen LogP) is 3.99. The molecule has 2 aromatic carbocycles. The van der Waals surface area contributed by atoms with E-state index in [1.165, 1.54) is 25.3 Å². The van der Waals surface area contributed by atoms with Crippen molar-refractivity contribution in [3.05, 3.63) is 65.3 Å². The highest BCUT2D eigenvalue weighted by Crippen LogP contribution is 2.28. The lowest BCUT2D eigenvalue weighted by atomic mass is 10.3. The summed E-state index contributed by atoms with van der Waals surface area (Å²) in [4.78, 5) is 0.0467. The van der Waals surface area contributed by atoms with Crippen molar-refractivity contribution in [1.82, 2.24) is 10.2 Å². The molecule has 0 aliphatic heterocycles. The van der Waals surface area contributed by atoms with E-state index in [1.807, 2.05) is 19.1 Å². The lowest BCUT2D eigenvalue weighted by Gasteiger charge is -2.11. The summed E-state index contributed by atoms with van der Waals surface area (Å²) in [5, 5.41) is 11.3. The molecule has 0 aliphatic rings. The Labute approximate surface area is 162 Å². The summed E-state index contributed by atoms with van der Waals surface area (Å²) in [6.07, 6.45) is 0. The second-order valence-electron chi connectivity index (χ2n) is 5.66. The second kappa shape index (κ2) is 7.81. The summed E-state index contributed by atoms with van der Waals surface area (Å²) in [5.74, 6) is 1.01. The first-order valence-electron chi connectivity index (χ1n) is 7.91. The number of ether oxygens (including phenoxy) is 1. The van der Waals surface area contributed by atoms with Gasteiger partial charge in [0, 0.05) is 11.4 Å². The number of rotatable bonds is 6. The fourth-order valence-corrected chi connectivity index (χ4v) is 3.67. The minimum absolute atomic E-state index is 0.0467. The van der Waals surface area contributed by atoms with Gasteiger partial charge in [-0.1, -0.05) is 11.6 Å². The summed E-state index contributed by atoms with van der Waals surface area (Å²) in [5.41, 5.74) is 2.00. The summed E-state index contributed by atoms with van der Waals surface area (Å²) >= 11 is 6.01. The Morgan fingerprint density at radius 3 is 2.26 bits per heavy atom. The average molecular weight is 405 g/mol. The van der Waals surface area contributed by atoms with E-state index in [4.69, 9.17) is 16.3 Å². The van der Waals surface area contributed by atoms with Crippen molar-refractivity contribution in [3.8, 4) is 5.75 Å². The average Bonchev–Trinajstić information content (AvgIpc) is 2.65. The number of halogens is 1. The molecule has 0 saturated heterocycles. The van der Waals surface area contributed by atoms with E-state index in [9.17, 15) is 8.42 Å². The highest BCUT2D eigenvalue weighted by atomic mass is 35.5. The smallest absolute Gasteiger partial charge is 0.261 e. The lowest BCUT2D eigenvalue weighted by Crippen LogP contribution is -2.13. The Kier molecular flexibility index (Phi) is 5.48. The Bertz CT molecular complexity index is 1040. The van der Waals surface area contributed by atoms with Crippen molar-refractivity contribution < 1.29 is 13.2 Å². The Balaban J connectivity index is 1.73. The summed E-state index contributed by atoms with van der Waals surface area (Å²) in [6, 6.07) is 14.7. The molecule has 0 saturated carbocycles. The zero-order chi connectivity index (χ0) is 19.4. The molecule has 140 valence electrons. The molecule has 1 heterocycles. The fraction of sp³-hybridized carbons (Fsp3) is 0.111. The van der Waals surface area contributed by atoms with Crippen molar-refractivity contribution >= 4 is 38.8 Å². The van der Waals surface area contributed by atoms with Crippen molar-refractivity contribution in [3.63, 3.8) is 0 Å². The van der Waals surface area contributed by atoms with E-state index < -0.39 is 10.0 Å². The van der Waals surface area contributed by atoms with Crippen LogP contribution in [0.25, 0.3) is 0 Å². The minimum Gasteiger partial charge on any atom is -0.495 e. The minimum atomic E-state index is -3.77.